The minimum Gasteiger partial charge on any atom is -0.118 e. The first-order valence-corrected chi connectivity index (χ1v) is 13.0. The van der Waals surface area contributed by atoms with Gasteiger partial charge in [-0.1, -0.05) is 18.2 Å². The second-order valence-corrected chi connectivity index (χ2v) is 14.5. The molecule has 0 radical (unpaired) electrons. The quantitative estimate of drug-likeness (QED) is 0.747. The monoisotopic (exact) mass is 368 g/mol. The first kappa shape index (κ1) is 12.3. The summed E-state index contributed by atoms with van der Waals surface area (Å²) in [5, 5.41) is 0. The highest BCUT2D eigenvalue weighted by Gasteiger charge is 3.02. The van der Waals surface area contributed by atoms with Gasteiger partial charge in [0.1, 0.15) is 0 Å². The molecule has 12 aliphatic carbocycles. The number of hydrogen-bond donors (Lipinski definition) is 0. The molecule has 27 heavy (non-hydrogen) atoms. The smallest absolute Gasteiger partial charge is 0.0308 e. The molecule has 0 bridgehead atoms. The van der Waals surface area contributed by atoms with Gasteiger partial charge in [0.2, 0.25) is 0 Å². The van der Waals surface area contributed by atoms with Crippen molar-refractivity contribution in [3.63, 3.8) is 0 Å². The molecule has 0 saturated heterocycles. The average Bonchev–Trinajstić information content (AvgIpc) is 3.40. The Morgan fingerprint density at radius 3 is 1.15 bits per heavy atom. The molecule has 12 aliphatic rings. The summed E-state index contributed by atoms with van der Waals surface area (Å²) < 4.78 is 0.722. The summed E-state index contributed by atoms with van der Waals surface area (Å²) >= 11 is 2.48. The lowest BCUT2D eigenvalue weighted by Crippen LogP contribution is -2.39. The van der Waals surface area contributed by atoms with Crippen molar-refractivity contribution in [1.82, 2.24) is 0 Å². The Balaban J connectivity index is 1.24. The number of thioether (sulfide) groups is 1. The molecule has 8 unspecified atom stereocenters. The van der Waals surface area contributed by atoms with Gasteiger partial charge in [0, 0.05) is 9.64 Å². The van der Waals surface area contributed by atoms with Crippen molar-refractivity contribution in [2.24, 2.45) is 112 Å². The molecule has 0 aliphatic heterocycles. The van der Waals surface area contributed by atoms with E-state index < -0.39 is 0 Å². The zero-order chi connectivity index (χ0) is 16.3. The minimum absolute atomic E-state index is 0.722. The summed E-state index contributed by atoms with van der Waals surface area (Å²) in [7, 11) is 0. The molecule has 0 N–H and O–H groups in total. The Morgan fingerprint density at radius 1 is 0.444 bits per heavy atom. The molecule has 1 aromatic carbocycles. The van der Waals surface area contributed by atoms with E-state index in [1.807, 2.05) is 0 Å². The first-order chi connectivity index (χ1) is 13.4. The number of benzene rings is 1. The van der Waals surface area contributed by atoms with Crippen LogP contribution in [0.4, 0.5) is 0 Å². The Hall–Kier alpha value is -0.430. The van der Waals surface area contributed by atoms with Gasteiger partial charge in [-0.3, -0.25) is 0 Å². The largest absolute Gasteiger partial charge is 0.118 e. The standard InChI is InChI=1S/C26H24S/c1-2-4-6(5-3-1)27-26-23-17-11-8-7-9-13(11)19(23)21-15(9)16-10(7)14-12(8)18(17)24(26)20(14)22(16)25(21)26/h1-5,7-25H/t7?,8?,9?,10?,11-,12-,13-,14+,15+,16+,17-,18+,19+,20+,21+,22-,23?,24?,25?,26?/m0/s1. The van der Waals surface area contributed by atoms with Crippen LogP contribution in [0.1, 0.15) is 0 Å². The van der Waals surface area contributed by atoms with Crippen molar-refractivity contribution in [1.29, 1.82) is 0 Å². The van der Waals surface area contributed by atoms with Crippen molar-refractivity contribution in [3.8, 4) is 0 Å². The molecular weight excluding hydrogens is 344 g/mol. The highest BCUT2D eigenvalue weighted by molar-refractivity contribution is 8.00. The van der Waals surface area contributed by atoms with Crippen molar-refractivity contribution >= 4 is 11.8 Å². The molecule has 13 rings (SSSR count). The van der Waals surface area contributed by atoms with Crippen LogP contribution in [0.5, 0.6) is 0 Å². The van der Waals surface area contributed by atoms with Gasteiger partial charge < -0.3 is 0 Å². The molecule has 12 saturated carbocycles. The van der Waals surface area contributed by atoms with Crippen LogP contribution >= 0.6 is 11.8 Å². The van der Waals surface area contributed by atoms with Crippen molar-refractivity contribution in [2.75, 3.05) is 0 Å². The fourth-order valence-electron chi connectivity index (χ4n) is 16.2. The van der Waals surface area contributed by atoms with E-state index in [1.54, 1.807) is 4.90 Å². The van der Waals surface area contributed by atoms with Crippen LogP contribution in [0.25, 0.3) is 0 Å². The molecule has 1 heteroatoms. The molecule has 0 amide bonds. The van der Waals surface area contributed by atoms with Crippen LogP contribution in [0.2, 0.25) is 0 Å². The van der Waals surface area contributed by atoms with Crippen LogP contribution in [0.3, 0.4) is 0 Å². The fourth-order valence-corrected chi connectivity index (χ4v) is 18.3. The van der Waals surface area contributed by atoms with Gasteiger partial charge in [-0.25, -0.2) is 0 Å². The zero-order valence-electron chi connectivity index (χ0n) is 15.3. The Kier molecular flexibility index (Phi) is 1.37. The number of hydrogen-bond acceptors (Lipinski definition) is 1. The zero-order valence-corrected chi connectivity index (χ0v) is 16.1. The highest BCUT2D eigenvalue weighted by atomic mass is 32.2. The van der Waals surface area contributed by atoms with E-state index in [4.69, 9.17) is 0 Å². The van der Waals surface area contributed by atoms with Crippen LogP contribution < -0.4 is 0 Å². The molecule has 0 heterocycles. The predicted octanol–water partition coefficient (Wildman–Crippen LogP) is 4.37. The van der Waals surface area contributed by atoms with E-state index in [0.717, 1.165) is 4.75 Å². The molecule has 20 atom stereocenters. The van der Waals surface area contributed by atoms with Crippen LogP contribution in [0, 0.1) is 112 Å². The van der Waals surface area contributed by atoms with Crippen molar-refractivity contribution in [2.45, 2.75) is 9.64 Å². The number of rotatable bonds is 2. The van der Waals surface area contributed by atoms with E-state index in [2.05, 4.69) is 42.1 Å². The van der Waals surface area contributed by atoms with Crippen LogP contribution in [0.15, 0.2) is 35.2 Å². The van der Waals surface area contributed by atoms with E-state index >= 15 is 0 Å². The Labute approximate surface area is 164 Å². The summed E-state index contributed by atoms with van der Waals surface area (Å²) in [4.78, 5) is 1.63. The minimum atomic E-state index is 0.722. The normalized spacial score (nSPS) is 85.7. The summed E-state index contributed by atoms with van der Waals surface area (Å²) in [6.07, 6.45) is 0. The van der Waals surface area contributed by atoms with Gasteiger partial charge in [0.15, 0.2) is 0 Å². The maximum absolute atomic E-state index is 2.48. The lowest BCUT2D eigenvalue weighted by Gasteiger charge is -2.39. The van der Waals surface area contributed by atoms with Gasteiger partial charge in [-0.15, -0.1) is 11.8 Å². The van der Waals surface area contributed by atoms with E-state index in [-0.39, 0.29) is 0 Å². The van der Waals surface area contributed by atoms with Gasteiger partial charge in [0.05, 0.1) is 0 Å². The SMILES string of the molecule is c1ccc(SC23C4[C@@H]5[C@@H]6C7C8C9[C@@H]%10[C@@H]7[C@@H]5C2[C@H]%10[C@@H]2C3[C@H]3[C@@H](C8[C@@H]6[C@@H]43)[C@H]92)cc1. The lowest BCUT2D eigenvalue weighted by molar-refractivity contribution is 0.198. The second kappa shape index (κ2) is 3.01. The Morgan fingerprint density at radius 2 is 0.778 bits per heavy atom. The van der Waals surface area contributed by atoms with Gasteiger partial charge in [0.25, 0.3) is 0 Å². The Bertz CT molecular complexity index is 884. The van der Waals surface area contributed by atoms with Gasteiger partial charge in [-0.05, 0) is 125 Å². The molecule has 1 aromatic rings. The summed E-state index contributed by atoms with van der Waals surface area (Å²) in [6, 6.07) is 11.8. The van der Waals surface area contributed by atoms with E-state index in [9.17, 15) is 0 Å². The molecule has 0 nitrogen and oxygen atoms in total. The maximum atomic E-state index is 2.48. The summed E-state index contributed by atoms with van der Waals surface area (Å²) in [5.41, 5.74) is 0. The lowest BCUT2D eigenvalue weighted by atomic mass is 9.77. The fraction of sp³-hybridized carbons (Fsp3) is 0.769. The van der Waals surface area contributed by atoms with Gasteiger partial charge >= 0.3 is 0 Å². The topological polar surface area (TPSA) is 0 Å². The molecule has 12 fully saturated rings. The predicted molar refractivity (Wildman–Crippen MR) is 101 cm³/mol. The van der Waals surface area contributed by atoms with E-state index in [1.165, 1.54) is 112 Å². The molecule has 0 aromatic heterocycles. The molecular formula is C26H24S. The first-order valence-electron chi connectivity index (χ1n) is 12.2. The second-order valence-electron chi connectivity index (χ2n) is 13.1. The third-order valence-electron chi connectivity index (χ3n) is 14.4. The summed E-state index contributed by atoms with van der Waals surface area (Å²) in [6.45, 7) is 0. The molecule has 0 spiro atoms. The molecule has 134 valence electrons. The van der Waals surface area contributed by atoms with Gasteiger partial charge in [-0.2, -0.15) is 0 Å². The maximum Gasteiger partial charge on any atom is 0.0308 e. The highest BCUT2D eigenvalue weighted by Crippen LogP contribution is 3.04. The van der Waals surface area contributed by atoms with Crippen molar-refractivity contribution in [3.05, 3.63) is 30.3 Å². The third kappa shape index (κ3) is 0.740. The average molecular weight is 369 g/mol. The van der Waals surface area contributed by atoms with Crippen LogP contribution in [-0.4, -0.2) is 4.75 Å². The van der Waals surface area contributed by atoms with E-state index in [0.29, 0.717) is 0 Å². The third-order valence-corrected chi connectivity index (χ3v) is 16.1. The van der Waals surface area contributed by atoms with Crippen LogP contribution in [-0.2, 0) is 0 Å². The summed E-state index contributed by atoms with van der Waals surface area (Å²) in [5.74, 6) is 23.5. The van der Waals surface area contributed by atoms with Crippen molar-refractivity contribution < 1.29 is 0 Å².